The molecule has 0 fully saturated rings. The number of benzene rings is 4. The molecule has 42 heavy (non-hydrogen) atoms. The van der Waals surface area contributed by atoms with E-state index < -0.39 is 34.9 Å². The Balaban J connectivity index is 1.49. The molecule has 0 atom stereocenters. The summed E-state index contributed by atoms with van der Waals surface area (Å²) < 4.78 is 11.5. The van der Waals surface area contributed by atoms with Crippen LogP contribution >= 0.6 is 0 Å². The largest absolute Gasteiger partial charge is 0.478 e. The Hall–Kier alpha value is -5.68. The molecule has 11 heteroatoms. The van der Waals surface area contributed by atoms with E-state index in [1.54, 1.807) is 24.3 Å². The Labute approximate surface area is 238 Å². The van der Waals surface area contributed by atoms with E-state index in [2.05, 4.69) is 4.89 Å². The van der Waals surface area contributed by atoms with Gasteiger partial charge in [-0.05, 0) is 71.8 Å². The van der Waals surface area contributed by atoms with Gasteiger partial charge in [0.15, 0.2) is 0 Å². The molecule has 0 aliphatic rings. The van der Waals surface area contributed by atoms with Gasteiger partial charge >= 0.3 is 23.9 Å². The summed E-state index contributed by atoms with van der Waals surface area (Å²) in [7, 11) is 0. The van der Waals surface area contributed by atoms with Crippen molar-refractivity contribution >= 4 is 23.9 Å². The number of hydrogen-bond donors (Lipinski definition) is 4. The molecule has 214 valence electrons. The van der Waals surface area contributed by atoms with E-state index in [1.165, 1.54) is 24.3 Å². The van der Waals surface area contributed by atoms with Gasteiger partial charge in [0.1, 0.15) is 23.0 Å². The predicted molar refractivity (Wildman–Crippen MR) is 147 cm³/mol. The second-order valence-corrected chi connectivity index (χ2v) is 9.59. The van der Waals surface area contributed by atoms with Crippen molar-refractivity contribution in [3.05, 3.63) is 118 Å². The zero-order valence-corrected chi connectivity index (χ0v) is 22.2. The molecule has 0 amide bonds. The van der Waals surface area contributed by atoms with Crippen molar-refractivity contribution in [2.75, 3.05) is 0 Å². The Morgan fingerprint density at radius 2 is 0.881 bits per heavy atom. The van der Waals surface area contributed by atoms with E-state index >= 15 is 0 Å². The third-order valence-electron chi connectivity index (χ3n) is 6.60. The van der Waals surface area contributed by atoms with Gasteiger partial charge in [-0.2, -0.15) is 5.26 Å². The molecule has 0 radical (unpaired) electrons. The van der Waals surface area contributed by atoms with Crippen LogP contribution < -0.4 is 9.47 Å². The van der Waals surface area contributed by atoms with Gasteiger partial charge in [-0.1, -0.05) is 38.1 Å². The summed E-state index contributed by atoms with van der Waals surface area (Å²) in [6.07, 6.45) is 0. The number of carbonyl (C=O) groups excluding carboxylic acids is 1. The van der Waals surface area contributed by atoms with E-state index in [9.17, 15) is 34.5 Å². The first-order valence-electron chi connectivity index (χ1n) is 12.3. The third kappa shape index (κ3) is 6.21. The molecule has 4 N–H and O–H groups in total. The Morgan fingerprint density at radius 3 is 1.26 bits per heavy atom. The lowest BCUT2D eigenvalue weighted by Crippen LogP contribution is -2.18. The molecule has 0 heterocycles. The molecule has 0 aliphatic carbocycles. The summed E-state index contributed by atoms with van der Waals surface area (Å²) in [5.74, 6) is -4.13. The standard InChI is InChI=1S/C31H24O11/c1-31(2,17-3-7-19(8-4-17)40-21-11-13-23(27(32)33)25(15-21)28(34)35)18-5-9-20(10-6-18)41-22-12-14-24(30(38)42-39)26(16-22)29(36)37/h3-16,39H,1-2H3,(H,32,33)(H,34,35)(H,36,37). The molecule has 11 nitrogen and oxygen atoms in total. The first-order chi connectivity index (χ1) is 19.9. The molecule has 0 saturated heterocycles. The van der Waals surface area contributed by atoms with Gasteiger partial charge in [0, 0.05) is 5.41 Å². The SMILES string of the molecule is CC(C)(c1ccc(Oc2ccc(C(=O)O)c(C(=O)O)c2)cc1)c1ccc(Oc2ccc(C(=O)OO)c(C(=O)O)c2)cc1. The summed E-state index contributed by atoms with van der Waals surface area (Å²) in [6.45, 7) is 4.03. The van der Waals surface area contributed by atoms with Gasteiger partial charge in [0.2, 0.25) is 0 Å². The van der Waals surface area contributed by atoms with Gasteiger partial charge in [-0.3, -0.25) is 4.89 Å². The molecule has 0 unspecified atom stereocenters. The minimum absolute atomic E-state index is 0.164. The number of hydrogen-bond acceptors (Lipinski definition) is 8. The first kappa shape index (κ1) is 29.3. The Kier molecular flexibility index (Phi) is 8.25. The highest BCUT2D eigenvalue weighted by Gasteiger charge is 2.24. The van der Waals surface area contributed by atoms with Gasteiger partial charge in [0.05, 0.1) is 22.3 Å². The lowest BCUT2D eigenvalue weighted by molar-refractivity contribution is -0.182. The van der Waals surface area contributed by atoms with Crippen LogP contribution in [-0.2, 0) is 10.3 Å². The van der Waals surface area contributed by atoms with E-state index in [0.29, 0.717) is 11.5 Å². The maximum atomic E-state index is 11.6. The fraction of sp³-hybridized carbons (Fsp3) is 0.0968. The van der Waals surface area contributed by atoms with Crippen molar-refractivity contribution in [3.63, 3.8) is 0 Å². The molecule has 4 aromatic rings. The van der Waals surface area contributed by atoms with Crippen LogP contribution in [0, 0.1) is 0 Å². The lowest BCUT2D eigenvalue weighted by atomic mass is 9.78. The van der Waals surface area contributed by atoms with E-state index in [1.807, 2.05) is 38.1 Å². The zero-order chi connectivity index (χ0) is 30.6. The van der Waals surface area contributed by atoms with Crippen molar-refractivity contribution in [1.82, 2.24) is 0 Å². The van der Waals surface area contributed by atoms with Crippen LogP contribution in [0.2, 0.25) is 0 Å². The molecule has 0 bridgehead atoms. The number of carboxylic acids is 3. The predicted octanol–water partition coefficient (Wildman–Crippen LogP) is 6.32. The van der Waals surface area contributed by atoms with Crippen LogP contribution in [0.3, 0.4) is 0 Å². The Bertz CT molecular complexity index is 1670. The number of rotatable bonds is 10. The van der Waals surface area contributed by atoms with E-state index in [0.717, 1.165) is 23.3 Å². The minimum Gasteiger partial charge on any atom is -0.478 e. The van der Waals surface area contributed by atoms with Crippen LogP contribution in [0.1, 0.15) is 66.4 Å². The van der Waals surface area contributed by atoms with Crippen molar-refractivity contribution in [3.8, 4) is 23.0 Å². The maximum absolute atomic E-state index is 11.6. The zero-order valence-electron chi connectivity index (χ0n) is 22.2. The van der Waals surface area contributed by atoms with Crippen molar-refractivity contribution in [2.45, 2.75) is 19.3 Å². The number of carbonyl (C=O) groups is 4. The highest BCUT2D eigenvalue weighted by molar-refractivity contribution is 6.03. The number of ether oxygens (including phenoxy) is 2. The molecule has 0 spiro atoms. The molecule has 0 aromatic heterocycles. The molecule has 4 rings (SSSR count). The monoisotopic (exact) mass is 572 g/mol. The highest BCUT2D eigenvalue weighted by atomic mass is 17.1. The van der Waals surface area contributed by atoms with Crippen molar-refractivity contribution < 1.29 is 54.1 Å². The second-order valence-electron chi connectivity index (χ2n) is 9.59. The normalized spacial score (nSPS) is 10.9. The fourth-order valence-corrected chi connectivity index (χ4v) is 4.26. The van der Waals surface area contributed by atoms with Crippen molar-refractivity contribution in [1.29, 1.82) is 0 Å². The number of carboxylic acid groups (broad SMARTS) is 3. The minimum atomic E-state index is -1.39. The molecule has 4 aromatic carbocycles. The summed E-state index contributed by atoms with van der Waals surface area (Å²) in [5.41, 5.74) is -0.0193. The average molecular weight is 573 g/mol. The van der Waals surface area contributed by atoms with Crippen LogP contribution in [0.4, 0.5) is 0 Å². The second kappa shape index (κ2) is 11.8. The van der Waals surface area contributed by atoms with Crippen LogP contribution in [0.25, 0.3) is 0 Å². The van der Waals surface area contributed by atoms with Crippen LogP contribution in [0.5, 0.6) is 23.0 Å². The highest BCUT2D eigenvalue weighted by Crippen LogP contribution is 2.35. The quantitative estimate of drug-likeness (QED) is 0.123. The Morgan fingerprint density at radius 1 is 0.524 bits per heavy atom. The summed E-state index contributed by atoms with van der Waals surface area (Å²) in [6, 6.07) is 21.7. The summed E-state index contributed by atoms with van der Waals surface area (Å²) in [4.78, 5) is 49.5. The maximum Gasteiger partial charge on any atom is 0.373 e. The van der Waals surface area contributed by atoms with E-state index in [4.69, 9.17) is 14.7 Å². The third-order valence-corrected chi connectivity index (χ3v) is 6.60. The van der Waals surface area contributed by atoms with Gasteiger partial charge in [-0.25, -0.2) is 19.2 Å². The molecular formula is C31H24O11. The van der Waals surface area contributed by atoms with Gasteiger partial charge in [-0.15, -0.1) is 0 Å². The summed E-state index contributed by atoms with van der Waals surface area (Å²) >= 11 is 0. The van der Waals surface area contributed by atoms with Crippen molar-refractivity contribution in [2.24, 2.45) is 0 Å². The molecule has 0 aliphatic heterocycles. The topological polar surface area (TPSA) is 177 Å². The summed E-state index contributed by atoms with van der Waals surface area (Å²) in [5, 5.41) is 36.5. The smallest absolute Gasteiger partial charge is 0.373 e. The lowest BCUT2D eigenvalue weighted by Gasteiger charge is -2.26. The molecule has 0 saturated carbocycles. The molecular weight excluding hydrogens is 548 g/mol. The fourth-order valence-electron chi connectivity index (χ4n) is 4.26. The van der Waals surface area contributed by atoms with Crippen LogP contribution in [0.15, 0.2) is 84.9 Å². The van der Waals surface area contributed by atoms with Gasteiger partial charge < -0.3 is 24.8 Å². The van der Waals surface area contributed by atoms with Gasteiger partial charge in [0.25, 0.3) is 0 Å². The number of aromatic carboxylic acids is 3. The van der Waals surface area contributed by atoms with E-state index in [-0.39, 0.29) is 28.2 Å². The first-order valence-corrected chi connectivity index (χ1v) is 12.3. The van der Waals surface area contributed by atoms with Crippen LogP contribution in [-0.4, -0.2) is 44.5 Å². The average Bonchev–Trinajstić information content (AvgIpc) is 2.97.